The molecule has 0 atom stereocenters. The van der Waals surface area contributed by atoms with Crippen molar-refractivity contribution in [2.45, 2.75) is 51.4 Å². The van der Waals surface area contributed by atoms with E-state index in [2.05, 4.69) is 35.3 Å². The summed E-state index contributed by atoms with van der Waals surface area (Å²) < 4.78 is 5.84. The summed E-state index contributed by atoms with van der Waals surface area (Å²) in [4.78, 5) is 8.95. The van der Waals surface area contributed by atoms with Crippen LogP contribution < -0.4 is 4.74 Å². The fourth-order valence-corrected chi connectivity index (χ4v) is 2.79. The van der Waals surface area contributed by atoms with Gasteiger partial charge in [-0.15, -0.1) is 13.2 Å². The van der Waals surface area contributed by atoms with Crippen molar-refractivity contribution < 1.29 is 4.74 Å². The van der Waals surface area contributed by atoms with Gasteiger partial charge in [0.15, 0.2) is 0 Å². The van der Waals surface area contributed by atoms with Crippen LogP contribution >= 0.6 is 0 Å². The third kappa shape index (κ3) is 7.22. The lowest BCUT2D eigenvalue weighted by molar-refractivity contribution is 0.307. The van der Waals surface area contributed by atoms with Crippen molar-refractivity contribution in [2.75, 3.05) is 6.61 Å². The Morgan fingerprint density at radius 2 is 1.50 bits per heavy atom. The molecule has 3 heteroatoms. The zero-order valence-electron chi connectivity index (χ0n) is 15.7. The van der Waals surface area contributed by atoms with E-state index in [0.29, 0.717) is 0 Å². The van der Waals surface area contributed by atoms with E-state index in [-0.39, 0.29) is 0 Å². The van der Waals surface area contributed by atoms with Crippen LogP contribution in [0, 0.1) is 0 Å². The number of rotatable bonds is 13. The lowest BCUT2D eigenvalue weighted by atomic mass is 10.1. The summed E-state index contributed by atoms with van der Waals surface area (Å²) in [6.07, 6.45) is 16.6. The Kier molecular flexibility index (Phi) is 9.20. The van der Waals surface area contributed by atoms with Crippen LogP contribution in [-0.4, -0.2) is 16.6 Å². The molecule has 2 aromatic heterocycles. The summed E-state index contributed by atoms with van der Waals surface area (Å²) >= 11 is 0. The van der Waals surface area contributed by atoms with Crippen molar-refractivity contribution in [3.63, 3.8) is 0 Å². The molecule has 0 unspecified atom stereocenters. The minimum Gasteiger partial charge on any atom is -0.493 e. The predicted molar refractivity (Wildman–Crippen MR) is 109 cm³/mol. The number of hydrogen-bond acceptors (Lipinski definition) is 3. The van der Waals surface area contributed by atoms with Crippen molar-refractivity contribution >= 4 is 0 Å². The molecule has 0 spiro atoms. The van der Waals surface area contributed by atoms with Crippen LogP contribution in [0.2, 0.25) is 0 Å². The van der Waals surface area contributed by atoms with Crippen LogP contribution in [0.15, 0.2) is 62.0 Å². The van der Waals surface area contributed by atoms with Gasteiger partial charge in [0.2, 0.25) is 0 Å². The molecule has 0 aliphatic rings. The fourth-order valence-electron chi connectivity index (χ4n) is 2.79. The zero-order valence-corrected chi connectivity index (χ0v) is 15.7. The second kappa shape index (κ2) is 12.0. The monoisotopic (exact) mass is 350 g/mol. The molecule has 0 aliphatic heterocycles. The molecule has 0 radical (unpaired) electrons. The number of hydrogen-bond donors (Lipinski definition) is 0. The Morgan fingerprint density at radius 3 is 2.27 bits per heavy atom. The van der Waals surface area contributed by atoms with Gasteiger partial charge in [-0.3, -0.25) is 9.97 Å². The van der Waals surface area contributed by atoms with E-state index < -0.39 is 0 Å². The van der Waals surface area contributed by atoms with Crippen molar-refractivity contribution in [1.82, 2.24) is 9.97 Å². The van der Waals surface area contributed by atoms with Crippen LogP contribution in [-0.2, 0) is 6.42 Å². The Balaban J connectivity index is 1.91. The molecule has 2 heterocycles. The number of unbranched alkanes of at least 4 members (excludes halogenated alkanes) is 5. The van der Waals surface area contributed by atoms with Gasteiger partial charge in [-0.05, 0) is 68.7 Å². The van der Waals surface area contributed by atoms with Crippen LogP contribution in [0.3, 0.4) is 0 Å². The SMILES string of the molecule is C=CCCCCCc1ccnc(-c2cc(OCCCCC=C)ccn2)c1. The van der Waals surface area contributed by atoms with E-state index >= 15 is 0 Å². The zero-order chi connectivity index (χ0) is 18.5. The Hall–Kier alpha value is -2.42. The average molecular weight is 351 g/mol. The van der Waals surface area contributed by atoms with Gasteiger partial charge in [0.1, 0.15) is 5.75 Å². The normalized spacial score (nSPS) is 10.5. The highest BCUT2D eigenvalue weighted by molar-refractivity contribution is 5.56. The average Bonchev–Trinajstić information content (AvgIpc) is 2.68. The number of allylic oxidation sites excluding steroid dienone is 2. The van der Waals surface area contributed by atoms with Crippen LogP contribution in [0.4, 0.5) is 0 Å². The third-order valence-electron chi connectivity index (χ3n) is 4.26. The highest BCUT2D eigenvalue weighted by Crippen LogP contribution is 2.21. The molecule has 0 aromatic carbocycles. The van der Waals surface area contributed by atoms with Crippen LogP contribution in [0.5, 0.6) is 5.75 Å². The molecule has 3 nitrogen and oxygen atoms in total. The van der Waals surface area contributed by atoms with Gasteiger partial charge in [-0.25, -0.2) is 0 Å². The smallest absolute Gasteiger partial charge is 0.123 e. The van der Waals surface area contributed by atoms with E-state index in [4.69, 9.17) is 4.74 Å². The Bertz CT molecular complexity index is 622. The number of nitrogens with zero attached hydrogens (tertiary/aromatic N) is 2. The molecular weight excluding hydrogens is 320 g/mol. The van der Waals surface area contributed by atoms with E-state index in [1.54, 1.807) is 6.20 Å². The molecule has 138 valence electrons. The summed E-state index contributed by atoms with van der Waals surface area (Å²) in [5.74, 6) is 0.852. The van der Waals surface area contributed by atoms with Crippen LogP contribution in [0.25, 0.3) is 11.4 Å². The maximum Gasteiger partial charge on any atom is 0.123 e. The molecule has 0 amide bonds. The number of aromatic nitrogens is 2. The largest absolute Gasteiger partial charge is 0.493 e. The summed E-state index contributed by atoms with van der Waals surface area (Å²) in [6.45, 7) is 8.23. The quantitative estimate of drug-likeness (QED) is 0.320. The molecule has 0 bridgehead atoms. The minimum atomic E-state index is 0.718. The Labute approximate surface area is 157 Å². The third-order valence-corrected chi connectivity index (χ3v) is 4.26. The molecule has 26 heavy (non-hydrogen) atoms. The highest BCUT2D eigenvalue weighted by atomic mass is 16.5. The summed E-state index contributed by atoms with van der Waals surface area (Å²) in [7, 11) is 0. The van der Waals surface area contributed by atoms with Crippen molar-refractivity contribution in [3.05, 3.63) is 67.5 Å². The fraction of sp³-hybridized carbons (Fsp3) is 0.391. The number of pyridine rings is 2. The van der Waals surface area contributed by atoms with Gasteiger partial charge in [-0.2, -0.15) is 0 Å². The molecule has 2 rings (SSSR count). The highest BCUT2D eigenvalue weighted by Gasteiger charge is 2.05. The molecule has 0 saturated carbocycles. The number of ether oxygens (including phenoxy) is 1. The van der Waals surface area contributed by atoms with Gasteiger partial charge in [0, 0.05) is 18.5 Å². The van der Waals surface area contributed by atoms with Gasteiger partial charge in [0.25, 0.3) is 0 Å². The summed E-state index contributed by atoms with van der Waals surface area (Å²) in [5.41, 5.74) is 3.08. The summed E-state index contributed by atoms with van der Waals surface area (Å²) in [6, 6.07) is 8.12. The molecule has 0 aliphatic carbocycles. The summed E-state index contributed by atoms with van der Waals surface area (Å²) in [5, 5.41) is 0. The van der Waals surface area contributed by atoms with E-state index in [0.717, 1.165) is 55.8 Å². The Morgan fingerprint density at radius 1 is 0.808 bits per heavy atom. The van der Waals surface area contributed by atoms with Gasteiger partial charge in [-0.1, -0.05) is 18.6 Å². The van der Waals surface area contributed by atoms with Gasteiger partial charge in [0.05, 0.1) is 18.0 Å². The topological polar surface area (TPSA) is 35.0 Å². The lowest BCUT2D eigenvalue weighted by Crippen LogP contribution is -1.98. The van der Waals surface area contributed by atoms with Crippen molar-refractivity contribution in [2.24, 2.45) is 0 Å². The van der Waals surface area contributed by atoms with E-state index in [1.807, 2.05) is 30.5 Å². The van der Waals surface area contributed by atoms with Gasteiger partial charge < -0.3 is 4.74 Å². The first-order chi connectivity index (χ1) is 12.8. The lowest BCUT2D eigenvalue weighted by Gasteiger charge is -2.08. The van der Waals surface area contributed by atoms with E-state index in [9.17, 15) is 0 Å². The maximum atomic E-state index is 5.84. The second-order valence-corrected chi connectivity index (χ2v) is 6.45. The first-order valence-corrected chi connectivity index (χ1v) is 9.59. The van der Waals surface area contributed by atoms with Crippen molar-refractivity contribution in [3.8, 4) is 17.1 Å². The van der Waals surface area contributed by atoms with E-state index in [1.165, 1.54) is 24.8 Å². The standard InChI is InChI=1S/C23H30N2O/c1-3-5-7-9-10-12-20-13-15-24-22(18-20)23-19-21(14-16-25-23)26-17-11-8-6-4-2/h3-4,13-16,18-19H,1-2,5-12,17H2. The number of aryl methyl sites for hydroxylation is 1. The predicted octanol–water partition coefficient (Wildman–Crippen LogP) is 6.17. The maximum absolute atomic E-state index is 5.84. The molecule has 0 fully saturated rings. The van der Waals surface area contributed by atoms with Gasteiger partial charge >= 0.3 is 0 Å². The first kappa shape index (κ1) is 19.9. The molecular formula is C23H30N2O. The van der Waals surface area contributed by atoms with Crippen molar-refractivity contribution in [1.29, 1.82) is 0 Å². The minimum absolute atomic E-state index is 0.718. The van der Waals surface area contributed by atoms with Crippen LogP contribution in [0.1, 0.15) is 50.5 Å². The molecule has 0 saturated heterocycles. The second-order valence-electron chi connectivity index (χ2n) is 6.45. The molecule has 0 N–H and O–H groups in total. The first-order valence-electron chi connectivity index (χ1n) is 9.59. The molecule has 2 aromatic rings.